The topological polar surface area (TPSA) is 107 Å². The molecule has 214 valence electrons. The van der Waals surface area contributed by atoms with Crippen molar-refractivity contribution in [1.29, 1.82) is 0 Å². The summed E-state index contributed by atoms with van der Waals surface area (Å²) in [5.41, 5.74) is 5.17. The molecule has 0 aliphatic rings. The number of halogens is 1. The summed E-state index contributed by atoms with van der Waals surface area (Å²) in [5.74, 6) is 0.0934. The van der Waals surface area contributed by atoms with Crippen molar-refractivity contribution in [2.75, 3.05) is 16.8 Å². The lowest BCUT2D eigenvalue weighted by molar-refractivity contribution is 0.256. The summed E-state index contributed by atoms with van der Waals surface area (Å²) in [5, 5.41) is 3.30. The van der Waals surface area contributed by atoms with Crippen LogP contribution in [-0.4, -0.2) is 31.3 Å². The normalized spacial score (nSPS) is 11.8. The molecule has 1 unspecified atom stereocenters. The SMILES string of the molecule is O=C(Nc1nc(-c2ccc(CNS(=O)O)cc2)c(Cl)s1)N(CCC(c1ccccc1)c1ccccc1)c1cccnc1. The van der Waals surface area contributed by atoms with E-state index in [1.54, 1.807) is 23.4 Å². The zero-order valence-electron chi connectivity index (χ0n) is 22.4. The van der Waals surface area contributed by atoms with Gasteiger partial charge in [0.05, 0.1) is 11.9 Å². The molecule has 0 fully saturated rings. The van der Waals surface area contributed by atoms with E-state index < -0.39 is 11.3 Å². The number of carbonyl (C=O) groups is 1. The summed E-state index contributed by atoms with van der Waals surface area (Å²) in [4.78, 5) is 24.2. The molecule has 2 aromatic heterocycles. The highest BCUT2D eigenvalue weighted by Gasteiger charge is 2.22. The minimum Gasteiger partial charge on any atom is -0.294 e. The molecule has 0 saturated heterocycles. The molecule has 0 bridgehead atoms. The summed E-state index contributed by atoms with van der Waals surface area (Å²) in [6.45, 7) is 0.682. The molecule has 3 N–H and O–H groups in total. The van der Waals surface area contributed by atoms with E-state index in [0.717, 1.165) is 11.1 Å². The molecule has 3 aromatic carbocycles. The first-order valence-electron chi connectivity index (χ1n) is 13.2. The third kappa shape index (κ3) is 7.67. The summed E-state index contributed by atoms with van der Waals surface area (Å²) in [6, 6.07) is 31.2. The highest BCUT2D eigenvalue weighted by Crippen LogP contribution is 2.36. The highest BCUT2D eigenvalue weighted by atomic mass is 35.5. The number of nitrogens with one attached hydrogen (secondary N) is 2. The number of carbonyl (C=O) groups excluding carboxylic acids is 1. The number of amides is 2. The van der Waals surface area contributed by atoms with E-state index in [1.807, 2.05) is 66.7 Å². The molecule has 8 nitrogen and oxygen atoms in total. The Kier molecular flexibility index (Phi) is 10.1. The monoisotopic (exact) mass is 617 g/mol. The van der Waals surface area contributed by atoms with Gasteiger partial charge < -0.3 is 0 Å². The van der Waals surface area contributed by atoms with E-state index >= 15 is 0 Å². The zero-order chi connectivity index (χ0) is 29.3. The van der Waals surface area contributed by atoms with Crippen LogP contribution < -0.4 is 14.9 Å². The van der Waals surface area contributed by atoms with Crippen molar-refractivity contribution in [3.05, 3.63) is 130 Å². The Hall–Kier alpha value is -3.93. The first-order chi connectivity index (χ1) is 20.5. The van der Waals surface area contributed by atoms with Crippen molar-refractivity contribution in [3.63, 3.8) is 0 Å². The molecule has 1 atom stereocenters. The molecule has 0 saturated carbocycles. The van der Waals surface area contributed by atoms with Crippen LogP contribution in [0.25, 0.3) is 11.3 Å². The standard InChI is InChI=1S/C31H28ClN5O3S2/c32-29-28(25-15-13-22(14-16-25)20-34-42(39)40)35-30(41-29)36-31(38)37(26-12-7-18-33-21-26)19-17-27(23-8-3-1-4-9-23)24-10-5-2-6-11-24/h1-16,18,21,27,34H,17,19-20H2,(H,39,40)(H,35,36,38). The Bertz CT molecular complexity index is 1580. The number of rotatable bonds is 11. The first-order valence-corrected chi connectivity index (χ1v) is 15.5. The number of pyridine rings is 1. The zero-order valence-corrected chi connectivity index (χ0v) is 24.8. The number of anilines is 2. The summed E-state index contributed by atoms with van der Waals surface area (Å²) in [7, 11) is 0. The largest absolute Gasteiger partial charge is 0.328 e. The van der Waals surface area contributed by atoms with Crippen LogP contribution >= 0.6 is 22.9 Å². The molecule has 42 heavy (non-hydrogen) atoms. The maximum Gasteiger partial charge on any atom is 0.328 e. The number of nitrogens with zero attached hydrogens (tertiary/aromatic N) is 3. The molecule has 0 radical (unpaired) electrons. The van der Waals surface area contributed by atoms with Crippen molar-refractivity contribution < 1.29 is 13.6 Å². The predicted molar refractivity (Wildman–Crippen MR) is 170 cm³/mol. The van der Waals surface area contributed by atoms with Crippen LogP contribution in [0.1, 0.15) is 29.0 Å². The second-order valence-corrected chi connectivity index (χ2v) is 11.8. The average Bonchev–Trinajstić information content (AvgIpc) is 3.39. The first kappa shape index (κ1) is 29.6. The van der Waals surface area contributed by atoms with Gasteiger partial charge in [0.25, 0.3) is 0 Å². The fraction of sp³-hybridized carbons (Fsp3) is 0.129. The molecule has 5 aromatic rings. The van der Waals surface area contributed by atoms with Gasteiger partial charge in [0, 0.05) is 30.8 Å². The number of urea groups is 1. The van der Waals surface area contributed by atoms with Gasteiger partial charge in [-0.05, 0) is 35.2 Å². The Morgan fingerprint density at radius 3 is 2.21 bits per heavy atom. The maximum atomic E-state index is 13.7. The van der Waals surface area contributed by atoms with Crippen LogP contribution in [0.5, 0.6) is 0 Å². The lowest BCUT2D eigenvalue weighted by Gasteiger charge is -2.26. The Balaban J connectivity index is 1.34. The number of benzene rings is 3. The summed E-state index contributed by atoms with van der Waals surface area (Å²) >= 11 is 5.63. The second kappa shape index (κ2) is 14.3. The van der Waals surface area contributed by atoms with Crippen LogP contribution in [0.2, 0.25) is 4.34 Å². The fourth-order valence-corrected chi connectivity index (χ4v) is 6.00. The third-order valence-corrected chi connectivity index (χ3v) is 8.24. The van der Waals surface area contributed by atoms with Crippen molar-refractivity contribution in [1.82, 2.24) is 14.7 Å². The maximum absolute atomic E-state index is 13.7. The summed E-state index contributed by atoms with van der Waals surface area (Å²) < 4.78 is 22.7. The number of thiazole rings is 1. The van der Waals surface area contributed by atoms with E-state index in [4.69, 9.17) is 16.2 Å². The number of aromatic nitrogens is 2. The van der Waals surface area contributed by atoms with Crippen molar-refractivity contribution in [2.24, 2.45) is 0 Å². The van der Waals surface area contributed by atoms with Crippen LogP contribution in [0.4, 0.5) is 15.6 Å². The minimum absolute atomic E-state index is 0.0934. The van der Waals surface area contributed by atoms with Crippen LogP contribution in [0, 0.1) is 0 Å². The quantitative estimate of drug-likeness (QED) is 0.134. The van der Waals surface area contributed by atoms with Gasteiger partial charge in [-0.15, -0.1) is 0 Å². The van der Waals surface area contributed by atoms with Gasteiger partial charge in [-0.2, -0.15) is 0 Å². The van der Waals surface area contributed by atoms with Crippen LogP contribution in [-0.2, 0) is 17.8 Å². The van der Waals surface area contributed by atoms with E-state index in [9.17, 15) is 9.00 Å². The fourth-order valence-electron chi connectivity index (χ4n) is 4.63. The molecule has 2 heterocycles. The Morgan fingerprint density at radius 1 is 0.952 bits per heavy atom. The van der Waals surface area contributed by atoms with E-state index in [-0.39, 0.29) is 18.5 Å². The molecular formula is C31H28ClN5O3S2. The van der Waals surface area contributed by atoms with Gasteiger partial charge in [-0.25, -0.2) is 18.7 Å². The smallest absolute Gasteiger partial charge is 0.294 e. The molecule has 0 aliphatic carbocycles. The van der Waals surface area contributed by atoms with Gasteiger partial charge >= 0.3 is 6.03 Å². The molecule has 0 spiro atoms. The minimum atomic E-state index is -2.09. The number of hydrogen-bond donors (Lipinski definition) is 3. The average molecular weight is 618 g/mol. The van der Waals surface area contributed by atoms with Crippen LogP contribution in [0.3, 0.4) is 0 Å². The van der Waals surface area contributed by atoms with Gasteiger partial charge in [0.1, 0.15) is 10.0 Å². The predicted octanol–water partition coefficient (Wildman–Crippen LogP) is 7.35. The second-order valence-electron chi connectivity index (χ2n) is 9.36. The van der Waals surface area contributed by atoms with E-state index in [2.05, 4.69) is 44.3 Å². The van der Waals surface area contributed by atoms with E-state index in [1.165, 1.54) is 22.5 Å². The van der Waals surface area contributed by atoms with Gasteiger partial charge in [-0.1, -0.05) is 108 Å². The molecule has 5 rings (SSSR count). The van der Waals surface area contributed by atoms with Gasteiger partial charge in [0.2, 0.25) is 11.3 Å². The Morgan fingerprint density at radius 2 is 1.62 bits per heavy atom. The van der Waals surface area contributed by atoms with Gasteiger partial charge in [-0.3, -0.25) is 19.8 Å². The lowest BCUT2D eigenvalue weighted by Crippen LogP contribution is -2.36. The summed E-state index contributed by atoms with van der Waals surface area (Å²) in [6.07, 6.45) is 4.03. The van der Waals surface area contributed by atoms with Crippen molar-refractivity contribution in [3.8, 4) is 11.3 Å². The molecule has 0 aliphatic heterocycles. The third-order valence-electron chi connectivity index (χ3n) is 6.67. The lowest BCUT2D eigenvalue weighted by atomic mass is 9.88. The van der Waals surface area contributed by atoms with E-state index in [0.29, 0.717) is 33.8 Å². The Labute approximate surface area is 255 Å². The van der Waals surface area contributed by atoms with Crippen molar-refractivity contribution in [2.45, 2.75) is 18.9 Å². The molecule has 2 amide bonds. The molecule has 11 heteroatoms. The van der Waals surface area contributed by atoms with Gasteiger partial charge in [0.15, 0.2) is 5.13 Å². The number of hydrogen-bond acceptors (Lipinski definition) is 5. The van der Waals surface area contributed by atoms with Crippen LogP contribution in [0.15, 0.2) is 109 Å². The van der Waals surface area contributed by atoms with Crippen molar-refractivity contribution >= 4 is 51.1 Å². The molecular weight excluding hydrogens is 590 g/mol. The highest BCUT2D eigenvalue weighted by molar-refractivity contribution is 7.77.